The van der Waals surface area contributed by atoms with E-state index in [0.29, 0.717) is 0 Å². The molecular weight excluding hydrogens is 237 g/mol. The minimum absolute atomic E-state index is 0.117. The van der Waals surface area contributed by atoms with Crippen LogP contribution in [0.1, 0.15) is 0 Å². The van der Waals surface area contributed by atoms with Crippen molar-refractivity contribution in [1.29, 1.82) is 0 Å². The first-order valence-electron chi connectivity index (χ1n) is 4.28. The van der Waals surface area contributed by atoms with Crippen molar-refractivity contribution in [3.8, 4) is 11.1 Å². The molecule has 1 N–H and O–H groups in total. The predicted molar refractivity (Wildman–Crippen MR) is 54.7 cm³/mol. The largest absolute Gasteiger partial charge is 0.337 e. The minimum atomic E-state index is -1.52. The van der Waals surface area contributed by atoms with Crippen molar-refractivity contribution in [2.24, 2.45) is 0 Å². The Kier molecular flexibility index (Phi) is 2.74. The van der Waals surface area contributed by atoms with Crippen molar-refractivity contribution in [2.75, 3.05) is 0 Å². The third kappa shape index (κ3) is 1.71. The van der Waals surface area contributed by atoms with Crippen LogP contribution in [0.2, 0.25) is 0 Å². The Bertz CT molecular complexity index is 595. The van der Waals surface area contributed by atoms with E-state index in [1.54, 1.807) is 0 Å². The zero-order valence-corrected chi connectivity index (χ0v) is 8.62. The maximum atomic E-state index is 13.4. The van der Waals surface area contributed by atoms with Crippen LogP contribution < -0.4 is 0 Å². The van der Waals surface area contributed by atoms with Gasteiger partial charge in [-0.25, -0.2) is 18.2 Å². The van der Waals surface area contributed by atoms with Gasteiger partial charge in [-0.3, -0.25) is 0 Å². The van der Waals surface area contributed by atoms with E-state index < -0.39 is 17.5 Å². The Morgan fingerprint density at radius 2 is 1.81 bits per heavy atom. The molecule has 0 radical (unpaired) electrons. The Hall–Kier alpha value is -1.69. The van der Waals surface area contributed by atoms with E-state index in [4.69, 9.17) is 12.2 Å². The van der Waals surface area contributed by atoms with Gasteiger partial charge in [0.2, 0.25) is 0 Å². The fourth-order valence-electron chi connectivity index (χ4n) is 1.27. The van der Waals surface area contributed by atoms with Crippen molar-refractivity contribution < 1.29 is 13.2 Å². The van der Waals surface area contributed by atoms with Gasteiger partial charge in [0.05, 0.1) is 6.33 Å². The third-order valence-electron chi connectivity index (χ3n) is 2.04. The number of aromatic amines is 1. The maximum Gasteiger partial charge on any atom is 0.195 e. The van der Waals surface area contributed by atoms with Crippen molar-refractivity contribution in [1.82, 2.24) is 9.97 Å². The summed E-state index contributed by atoms with van der Waals surface area (Å²) in [4.78, 5) is 6.29. The maximum absolute atomic E-state index is 13.4. The molecule has 0 amide bonds. The van der Waals surface area contributed by atoms with Gasteiger partial charge in [0.25, 0.3) is 0 Å². The number of H-pyrrole nitrogens is 1. The number of aromatic nitrogens is 2. The van der Waals surface area contributed by atoms with Crippen LogP contribution in [-0.4, -0.2) is 9.97 Å². The van der Waals surface area contributed by atoms with Gasteiger partial charge < -0.3 is 4.98 Å². The molecule has 82 valence electrons. The molecule has 0 saturated carbocycles. The second-order valence-corrected chi connectivity index (χ2v) is 3.43. The smallest absolute Gasteiger partial charge is 0.195 e. The summed E-state index contributed by atoms with van der Waals surface area (Å²) >= 11 is 4.89. The number of hydrogen-bond donors (Lipinski definition) is 1. The van der Waals surface area contributed by atoms with Crippen LogP contribution in [0.25, 0.3) is 11.1 Å². The summed E-state index contributed by atoms with van der Waals surface area (Å²) < 4.78 is 39.3. The average molecular weight is 242 g/mol. The zero-order valence-electron chi connectivity index (χ0n) is 7.80. The number of nitrogens with one attached hydrogen (secondary N) is 1. The molecule has 0 atom stereocenters. The van der Waals surface area contributed by atoms with Crippen molar-refractivity contribution in [2.45, 2.75) is 0 Å². The SMILES string of the molecule is Fc1ccc(-c2cnc[nH]c2=S)c(F)c1F. The second kappa shape index (κ2) is 4.05. The van der Waals surface area contributed by atoms with E-state index in [1.807, 2.05) is 0 Å². The molecule has 0 aliphatic heterocycles. The van der Waals surface area contributed by atoms with Gasteiger partial charge >= 0.3 is 0 Å². The Morgan fingerprint density at radius 1 is 1.06 bits per heavy atom. The minimum Gasteiger partial charge on any atom is -0.337 e. The number of rotatable bonds is 1. The molecule has 0 bridgehead atoms. The van der Waals surface area contributed by atoms with E-state index in [9.17, 15) is 13.2 Å². The van der Waals surface area contributed by atoms with Crippen LogP contribution >= 0.6 is 12.2 Å². The predicted octanol–water partition coefficient (Wildman–Crippen LogP) is 3.22. The average Bonchev–Trinajstić information content (AvgIpc) is 2.28. The van der Waals surface area contributed by atoms with E-state index in [-0.39, 0.29) is 15.8 Å². The molecule has 1 heterocycles. The molecule has 0 spiro atoms. The Balaban J connectivity index is 2.71. The molecule has 2 aromatic rings. The molecular formula is C10H5F3N2S. The molecule has 6 heteroatoms. The van der Waals surface area contributed by atoms with Crippen LogP contribution in [0.5, 0.6) is 0 Å². The summed E-state index contributed by atoms with van der Waals surface area (Å²) in [7, 11) is 0. The quantitative estimate of drug-likeness (QED) is 0.614. The van der Waals surface area contributed by atoms with Crippen LogP contribution in [0, 0.1) is 22.1 Å². The van der Waals surface area contributed by atoms with Gasteiger partial charge in [0, 0.05) is 17.3 Å². The van der Waals surface area contributed by atoms with Gasteiger partial charge in [0.1, 0.15) is 4.64 Å². The first-order valence-corrected chi connectivity index (χ1v) is 4.68. The van der Waals surface area contributed by atoms with Crippen molar-refractivity contribution in [3.05, 3.63) is 46.7 Å². The number of hydrogen-bond acceptors (Lipinski definition) is 2. The highest BCUT2D eigenvalue weighted by molar-refractivity contribution is 7.71. The van der Waals surface area contributed by atoms with E-state index in [1.165, 1.54) is 12.5 Å². The number of benzene rings is 1. The fraction of sp³-hybridized carbons (Fsp3) is 0. The number of halogens is 3. The van der Waals surface area contributed by atoms with E-state index in [2.05, 4.69) is 9.97 Å². The van der Waals surface area contributed by atoms with Gasteiger partial charge in [-0.1, -0.05) is 12.2 Å². The summed E-state index contributed by atoms with van der Waals surface area (Å²) in [5.41, 5.74) is 0.0992. The van der Waals surface area contributed by atoms with Gasteiger partial charge in [-0.05, 0) is 12.1 Å². The lowest BCUT2D eigenvalue weighted by molar-refractivity contribution is 0.449. The lowest BCUT2D eigenvalue weighted by Crippen LogP contribution is -1.95. The summed E-state index contributed by atoms with van der Waals surface area (Å²) in [5, 5.41) is 0. The summed E-state index contributed by atoms with van der Waals surface area (Å²) in [5.74, 6) is -4.02. The fourth-order valence-corrected chi connectivity index (χ4v) is 1.49. The lowest BCUT2D eigenvalue weighted by atomic mass is 10.1. The molecule has 0 aliphatic rings. The molecule has 0 saturated heterocycles. The van der Waals surface area contributed by atoms with Crippen LogP contribution in [0.15, 0.2) is 24.7 Å². The first-order chi connectivity index (χ1) is 7.61. The van der Waals surface area contributed by atoms with Gasteiger partial charge in [0.15, 0.2) is 17.5 Å². The topological polar surface area (TPSA) is 28.7 Å². The number of nitrogens with zero attached hydrogens (tertiary/aromatic N) is 1. The standard InChI is InChI=1S/C10H5F3N2S/c11-7-2-1-5(8(12)9(7)13)6-3-14-4-15-10(6)16/h1-4H,(H,14,15,16). The zero-order chi connectivity index (χ0) is 11.7. The summed E-state index contributed by atoms with van der Waals surface area (Å²) in [6.07, 6.45) is 2.61. The normalized spacial score (nSPS) is 10.4. The van der Waals surface area contributed by atoms with E-state index >= 15 is 0 Å². The Morgan fingerprint density at radius 3 is 2.50 bits per heavy atom. The molecule has 0 unspecified atom stereocenters. The van der Waals surface area contributed by atoms with Crippen LogP contribution in [0.3, 0.4) is 0 Å². The van der Waals surface area contributed by atoms with Gasteiger partial charge in [-0.2, -0.15) is 0 Å². The molecule has 0 aliphatic carbocycles. The molecule has 2 nitrogen and oxygen atoms in total. The summed E-state index contributed by atoms with van der Waals surface area (Å²) in [6, 6.07) is 1.96. The van der Waals surface area contributed by atoms with Crippen molar-refractivity contribution in [3.63, 3.8) is 0 Å². The molecule has 1 aromatic carbocycles. The molecule has 16 heavy (non-hydrogen) atoms. The third-order valence-corrected chi connectivity index (χ3v) is 2.38. The van der Waals surface area contributed by atoms with Crippen LogP contribution in [-0.2, 0) is 0 Å². The monoisotopic (exact) mass is 242 g/mol. The highest BCUT2D eigenvalue weighted by Crippen LogP contribution is 2.25. The highest BCUT2D eigenvalue weighted by Gasteiger charge is 2.15. The molecule has 0 fully saturated rings. The van der Waals surface area contributed by atoms with E-state index in [0.717, 1.165) is 12.1 Å². The van der Waals surface area contributed by atoms with Gasteiger partial charge in [-0.15, -0.1) is 0 Å². The summed E-state index contributed by atoms with van der Waals surface area (Å²) in [6.45, 7) is 0. The first kappa shape index (κ1) is 10.8. The van der Waals surface area contributed by atoms with Crippen molar-refractivity contribution >= 4 is 12.2 Å². The highest BCUT2D eigenvalue weighted by atomic mass is 32.1. The Labute approximate surface area is 93.8 Å². The van der Waals surface area contributed by atoms with Crippen LogP contribution in [0.4, 0.5) is 13.2 Å². The molecule has 2 rings (SSSR count). The second-order valence-electron chi connectivity index (χ2n) is 3.02. The lowest BCUT2D eigenvalue weighted by Gasteiger charge is -2.04. The molecule has 1 aromatic heterocycles.